The molecule has 0 spiro atoms. The molecule has 0 unspecified atom stereocenters. The normalized spacial score (nSPS) is 21.7. The van der Waals surface area contributed by atoms with Gasteiger partial charge in [0, 0.05) is 25.4 Å². The number of nitrogens with zero attached hydrogens (tertiary/aromatic N) is 2. The van der Waals surface area contributed by atoms with Crippen molar-refractivity contribution in [1.82, 2.24) is 15.3 Å². The Kier molecular flexibility index (Phi) is 3.08. The summed E-state index contributed by atoms with van der Waals surface area (Å²) in [6, 6.07) is 2.78. The Hall–Kier alpha value is -1.00. The first-order valence-electron chi connectivity index (χ1n) is 6.85. The smallest absolute Gasteiger partial charge is 0.160 e. The molecular formula is C14H21N3O. The van der Waals surface area contributed by atoms with Crippen molar-refractivity contribution < 1.29 is 4.74 Å². The molecule has 2 aliphatic rings. The molecule has 4 nitrogen and oxygen atoms in total. The molecule has 0 atom stereocenters. The third-order valence-electron chi connectivity index (χ3n) is 4.02. The largest absolute Gasteiger partial charge is 0.370 e. The molecule has 2 aliphatic carbocycles. The van der Waals surface area contributed by atoms with Crippen LogP contribution in [-0.2, 0) is 16.9 Å². The maximum absolute atomic E-state index is 5.66. The van der Waals surface area contributed by atoms with Gasteiger partial charge in [0.15, 0.2) is 5.82 Å². The fraction of sp³-hybridized carbons (Fsp3) is 0.714. The molecular weight excluding hydrogens is 226 g/mol. The summed E-state index contributed by atoms with van der Waals surface area (Å²) in [6.07, 6.45) is 5.91. The number of aryl methyl sites for hydroxylation is 1. The molecule has 0 amide bonds. The van der Waals surface area contributed by atoms with Crippen LogP contribution in [0.4, 0.5) is 0 Å². The molecule has 0 aromatic carbocycles. The molecule has 18 heavy (non-hydrogen) atoms. The van der Waals surface area contributed by atoms with Gasteiger partial charge in [-0.2, -0.15) is 0 Å². The average molecular weight is 247 g/mol. The van der Waals surface area contributed by atoms with E-state index in [2.05, 4.69) is 16.4 Å². The summed E-state index contributed by atoms with van der Waals surface area (Å²) in [5.41, 5.74) is 1.92. The van der Waals surface area contributed by atoms with E-state index < -0.39 is 0 Å². The number of aromatic nitrogens is 2. The second-order valence-electron chi connectivity index (χ2n) is 5.53. The van der Waals surface area contributed by atoms with Crippen LogP contribution in [-0.4, -0.2) is 23.1 Å². The third kappa shape index (κ3) is 2.27. The van der Waals surface area contributed by atoms with Crippen molar-refractivity contribution in [2.24, 2.45) is 0 Å². The molecule has 2 fully saturated rings. The average Bonchev–Trinajstić information content (AvgIpc) is 3.09. The molecule has 1 aromatic heterocycles. The Morgan fingerprint density at radius 2 is 2.17 bits per heavy atom. The zero-order valence-electron chi connectivity index (χ0n) is 11.2. The van der Waals surface area contributed by atoms with E-state index in [1.54, 1.807) is 7.11 Å². The maximum atomic E-state index is 5.66. The minimum Gasteiger partial charge on any atom is -0.370 e. The SMILES string of the molecule is COC1(c2nc(C)cc(CNC3CC3)n2)CCC1. The first-order valence-corrected chi connectivity index (χ1v) is 6.85. The van der Waals surface area contributed by atoms with Crippen LogP contribution in [0.1, 0.15) is 49.3 Å². The predicted molar refractivity (Wildman–Crippen MR) is 69.2 cm³/mol. The van der Waals surface area contributed by atoms with Crippen LogP contribution in [0.5, 0.6) is 0 Å². The summed E-state index contributed by atoms with van der Waals surface area (Å²) < 4.78 is 5.66. The highest BCUT2D eigenvalue weighted by molar-refractivity contribution is 5.16. The lowest BCUT2D eigenvalue weighted by Gasteiger charge is -2.39. The van der Waals surface area contributed by atoms with Gasteiger partial charge in [-0.3, -0.25) is 0 Å². The molecule has 2 saturated carbocycles. The topological polar surface area (TPSA) is 47.0 Å². The summed E-state index contributed by atoms with van der Waals surface area (Å²) in [5.74, 6) is 0.879. The predicted octanol–water partition coefficient (Wildman–Crippen LogP) is 2.06. The highest BCUT2D eigenvalue weighted by Crippen LogP contribution is 2.42. The zero-order chi connectivity index (χ0) is 12.6. The summed E-state index contributed by atoms with van der Waals surface area (Å²) >= 11 is 0. The number of hydrogen-bond donors (Lipinski definition) is 1. The fourth-order valence-electron chi connectivity index (χ4n) is 2.48. The summed E-state index contributed by atoms with van der Waals surface area (Å²) in [6.45, 7) is 2.88. The van der Waals surface area contributed by atoms with Gasteiger partial charge in [-0.1, -0.05) is 0 Å². The van der Waals surface area contributed by atoms with Crippen molar-refractivity contribution in [1.29, 1.82) is 0 Å². The first kappa shape index (κ1) is 12.1. The van der Waals surface area contributed by atoms with E-state index in [9.17, 15) is 0 Å². The number of rotatable bonds is 5. The van der Waals surface area contributed by atoms with Crippen molar-refractivity contribution in [3.05, 3.63) is 23.3 Å². The van der Waals surface area contributed by atoms with Crippen molar-refractivity contribution in [2.75, 3.05) is 7.11 Å². The van der Waals surface area contributed by atoms with E-state index in [1.165, 1.54) is 19.3 Å². The monoisotopic (exact) mass is 247 g/mol. The van der Waals surface area contributed by atoms with E-state index in [1.807, 2.05) is 6.92 Å². The van der Waals surface area contributed by atoms with Gasteiger partial charge >= 0.3 is 0 Å². The van der Waals surface area contributed by atoms with E-state index in [0.717, 1.165) is 36.6 Å². The lowest BCUT2D eigenvalue weighted by atomic mass is 9.79. The van der Waals surface area contributed by atoms with Crippen LogP contribution in [0.25, 0.3) is 0 Å². The van der Waals surface area contributed by atoms with E-state index in [-0.39, 0.29) is 5.60 Å². The Labute approximate surface area is 108 Å². The van der Waals surface area contributed by atoms with Gasteiger partial charge < -0.3 is 10.1 Å². The molecule has 3 rings (SSSR count). The molecule has 0 saturated heterocycles. The lowest BCUT2D eigenvalue weighted by Crippen LogP contribution is -2.38. The van der Waals surface area contributed by atoms with E-state index in [4.69, 9.17) is 9.72 Å². The summed E-state index contributed by atoms with van der Waals surface area (Å²) in [5, 5.41) is 3.50. The molecule has 0 bridgehead atoms. The zero-order valence-corrected chi connectivity index (χ0v) is 11.2. The van der Waals surface area contributed by atoms with Gasteiger partial charge in [-0.15, -0.1) is 0 Å². The first-order chi connectivity index (χ1) is 8.72. The summed E-state index contributed by atoms with van der Waals surface area (Å²) in [7, 11) is 1.77. The van der Waals surface area contributed by atoms with Gasteiger partial charge in [-0.25, -0.2) is 9.97 Å². The second kappa shape index (κ2) is 4.59. The van der Waals surface area contributed by atoms with Gasteiger partial charge in [0.25, 0.3) is 0 Å². The highest BCUT2D eigenvalue weighted by atomic mass is 16.5. The Balaban J connectivity index is 1.80. The van der Waals surface area contributed by atoms with Gasteiger partial charge in [-0.05, 0) is 45.1 Å². The van der Waals surface area contributed by atoms with Crippen LogP contribution in [0.3, 0.4) is 0 Å². The number of ether oxygens (including phenoxy) is 1. The van der Waals surface area contributed by atoms with Crippen LogP contribution in [0, 0.1) is 6.92 Å². The quantitative estimate of drug-likeness (QED) is 0.865. The Morgan fingerprint density at radius 3 is 2.72 bits per heavy atom. The number of nitrogens with one attached hydrogen (secondary N) is 1. The fourth-order valence-corrected chi connectivity index (χ4v) is 2.48. The van der Waals surface area contributed by atoms with Crippen LogP contribution in [0.2, 0.25) is 0 Å². The van der Waals surface area contributed by atoms with Crippen molar-refractivity contribution >= 4 is 0 Å². The molecule has 1 N–H and O–H groups in total. The molecule has 0 radical (unpaired) electrons. The number of methoxy groups -OCH3 is 1. The molecule has 1 aromatic rings. The van der Waals surface area contributed by atoms with E-state index in [0.29, 0.717) is 6.04 Å². The molecule has 4 heteroatoms. The standard InChI is InChI=1S/C14H21N3O/c1-10-8-12(9-15-11-4-5-11)17-13(16-10)14(18-2)6-3-7-14/h8,11,15H,3-7,9H2,1-2H3. The Morgan fingerprint density at radius 1 is 1.39 bits per heavy atom. The van der Waals surface area contributed by atoms with Crippen molar-refractivity contribution in [2.45, 2.75) is 57.2 Å². The highest BCUT2D eigenvalue weighted by Gasteiger charge is 2.41. The van der Waals surface area contributed by atoms with E-state index >= 15 is 0 Å². The number of hydrogen-bond acceptors (Lipinski definition) is 4. The Bertz CT molecular complexity index is 433. The molecule has 98 valence electrons. The minimum atomic E-state index is -0.208. The maximum Gasteiger partial charge on any atom is 0.160 e. The molecule has 0 aliphatic heterocycles. The lowest BCUT2D eigenvalue weighted by molar-refractivity contribution is -0.0849. The van der Waals surface area contributed by atoms with Gasteiger partial charge in [0.1, 0.15) is 5.60 Å². The summed E-state index contributed by atoms with van der Waals surface area (Å²) in [4.78, 5) is 9.28. The van der Waals surface area contributed by atoms with Gasteiger partial charge in [0.2, 0.25) is 0 Å². The van der Waals surface area contributed by atoms with Crippen LogP contribution >= 0.6 is 0 Å². The second-order valence-corrected chi connectivity index (χ2v) is 5.53. The molecule has 1 heterocycles. The van der Waals surface area contributed by atoms with Crippen molar-refractivity contribution in [3.8, 4) is 0 Å². The van der Waals surface area contributed by atoms with Crippen LogP contribution < -0.4 is 5.32 Å². The van der Waals surface area contributed by atoms with Gasteiger partial charge in [0.05, 0.1) is 5.69 Å². The minimum absolute atomic E-state index is 0.208. The third-order valence-corrected chi connectivity index (χ3v) is 4.02. The van der Waals surface area contributed by atoms with Crippen LogP contribution in [0.15, 0.2) is 6.07 Å². The van der Waals surface area contributed by atoms with Crippen molar-refractivity contribution in [3.63, 3.8) is 0 Å².